The van der Waals surface area contributed by atoms with Crippen LogP contribution in [0.15, 0.2) is 29.4 Å². The molecule has 1 rings (SSSR count). The van der Waals surface area contributed by atoms with E-state index in [1.165, 1.54) is 5.56 Å². The summed E-state index contributed by atoms with van der Waals surface area (Å²) in [7, 11) is 0. The largest absolute Gasteiger partial charge is 0.298 e. The molecule has 1 unspecified atom stereocenters. The molecule has 1 aromatic rings. The minimum Gasteiger partial charge on any atom is -0.298 e. The standard InChI is InChI=1S/C13H17N5/c1-10(2)11-3-5-12(6-4-11)13(9-14)16-7-8-17-18-15/h3-6,10,13,16H,7-8H2,1-2H3. The van der Waals surface area contributed by atoms with Crippen molar-refractivity contribution >= 4 is 0 Å². The van der Waals surface area contributed by atoms with Gasteiger partial charge in [0.15, 0.2) is 0 Å². The highest BCUT2D eigenvalue weighted by Gasteiger charge is 2.09. The maximum atomic E-state index is 9.10. The highest BCUT2D eigenvalue weighted by Crippen LogP contribution is 2.18. The lowest BCUT2D eigenvalue weighted by Crippen LogP contribution is -2.22. The quantitative estimate of drug-likeness (QED) is 0.360. The van der Waals surface area contributed by atoms with E-state index in [-0.39, 0.29) is 6.04 Å². The van der Waals surface area contributed by atoms with Crippen molar-refractivity contribution in [2.75, 3.05) is 13.1 Å². The summed E-state index contributed by atoms with van der Waals surface area (Å²) in [5.74, 6) is 0.484. The Morgan fingerprint density at radius 1 is 1.33 bits per heavy atom. The van der Waals surface area contributed by atoms with Gasteiger partial charge in [-0.15, -0.1) is 0 Å². The first-order valence-corrected chi connectivity index (χ1v) is 5.92. The van der Waals surface area contributed by atoms with Crippen LogP contribution < -0.4 is 5.32 Å². The van der Waals surface area contributed by atoms with Crippen LogP contribution in [0, 0.1) is 11.3 Å². The number of rotatable bonds is 6. The lowest BCUT2D eigenvalue weighted by Gasteiger charge is -2.12. The SMILES string of the molecule is CC(C)c1ccc(C(C#N)NCCN=[N+]=[N-])cc1. The molecule has 0 aliphatic rings. The molecule has 1 aromatic carbocycles. The zero-order chi connectivity index (χ0) is 13.4. The van der Waals surface area contributed by atoms with Crippen LogP contribution in [0.5, 0.6) is 0 Å². The highest BCUT2D eigenvalue weighted by molar-refractivity contribution is 5.29. The van der Waals surface area contributed by atoms with E-state index >= 15 is 0 Å². The Morgan fingerprint density at radius 2 is 1.94 bits per heavy atom. The summed E-state index contributed by atoms with van der Waals surface area (Å²) < 4.78 is 0. The Labute approximate surface area is 107 Å². The number of nitrogens with one attached hydrogen (secondary N) is 1. The maximum Gasteiger partial charge on any atom is 0.121 e. The number of nitrogens with zero attached hydrogens (tertiary/aromatic N) is 4. The topological polar surface area (TPSA) is 84.6 Å². The summed E-state index contributed by atoms with van der Waals surface area (Å²) in [6, 6.07) is 9.84. The molecular weight excluding hydrogens is 226 g/mol. The zero-order valence-corrected chi connectivity index (χ0v) is 10.7. The van der Waals surface area contributed by atoms with Crippen molar-refractivity contribution in [3.63, 3.8) is 0 Å². The molecule has 0 bridgehead atoms. The third-order valence-electron chi connectivity index (χ3n) is 2.69. The van der Waals surface area contributed by atoms with E-state index in [9.17, 15) is 0 Å². The van der Waals surface area contributed by atoms with Gasteiger partial charge in [-0.2, -0.15) is 5.26 Å². The average molecular weight is 243 g/mol. The van der Waals surface area contributed by atoms with E-state index in [0.717, 1.165) is 5.56 Å². The summed E-state index contributed by atoms with van der Waals surface area (Å²) in [5, 5.41) is 15.6. The lowest BCUT2D eigenvalue weighted by atomic mass is 9.99. The molecule has 1 N–H and O–H groups in total. The van der Waals surface area contributed by atoms with Crippen LogP contribution in [0.25, 0.3) is 10.4 Å². The van der Waals surface area contributed by atoms with Gasteiger partial charge in [-0.3, -0.25) is 5.32 Å². The Balaban J connectivity index is 2.65. The summed E-state index contributed by atoms with van der Waals surface area (Å²) in [4.78, 5) is 2.66. The smallest absolute Gasteiger partial charge is 0.121 e. The molecule has 0 saturated heterocycles. The van der Waals surface area contributed by atoms with Gasteiger partial charge in [0.2, 0.25) is 0 Å². The van der Waals surface area contributed by atoms with Gasteiger partial charge in [0.05, 0.1) is 6.07 Å². The fourth-order valence-electron chi connectivity index (χ4n) is 1.62. The third kappa shape index (κ3) is 4.10. The van der Waals surface area contributed by atoms with Gasteiger partial charge < -0.3 is 0 Å². The highest BCUT2D eigenvalue weighted by atomic mass is 15.1. The third-order valence-corrected chi connectivity index (χ3v) is 2.69. The van der Waals surface area contributed by atoms with Gasteiger partial charge in [-0.05, 0) is 22.6 Å². The Kier molecular flexibility index (Phi) is 5.72. The summed E-state index contributed by atoms with van der Waals surface area (Å²) >= 11 is 0. The molecule has 5 nitrogen and oxygen atoms in total. The van der Waals surface area contributed by atoms with Crippen LogP contribution in [0.1, 0.15) is 36.9 Å². The van der Waals surface area contributed by atoms with Crippen LogP contribution in [0.3, 0.4) is 0 Å². The predicted molar refractivity (Wildman–Crippen MR) is 70.9 cm³/mol. The molecular formula is C13H17N5. The minimum atomic E-state index is -0.361. The van der Waals surface area contributed by atoms with Gasteiger partial charge >= 0.3 is 0 Å². The number of hydrogen-bond acceptors (Lipinski definition) is 3. The van der Waals surface area contributed by atoms with Gasteiger partial charge in [0.1, 0.15) is 6.04 Å². The molecule has 0 aromatic heterocycles. The van der Waals surface area contributed by atoms with E-state index < -0.39 is 0 Å². The molecule has 5 heteroatoms. The predicted octanol–water partition coefficient (Wildman–Crippen LogP) is 3.27. The van der Waals surface area contributed by atoms with Gasteiger partial charge in [0.25, 0.3) is 0 Å². The van der Waals surface area contributed by atoms with Crippen molar-refractivity contribution in [2.24, 2.45) is 5.11 Å². The fourth-order valence-corrected chi connectivity index (χ4v) is 1.62. The first kappa shape index (κ1) is 14.0. The van der Waals surface area contributed by atoms with Crippen LogP contribution in [-0.4, -0.2) is 13.1 Å². The van der Waals surface area contributed by atoms with Crippen molar-refractivity contribution in [3.05, 3.63) is 45.8 Å². The monoisotopic (exact) mass is 243 g/mol. The summed E-state index contributed by atoms with van der Waals surface area (Å²) in [6.45, 7) is 5.11. The molecule has 0 fully saturated rings. The fraction of sp³-hybridized carbons (Fsp3) is 0.462. The average Bonchev–Trinajstić information content (AvgIpc) is 2.39. The van der Waals surface area contributed by atoms with E-state index in [2.05, 4.69) is 35.3 Å². The van der Waals surface area contributed by atoms with Gasteiger partial charge in [-0.1, -0.05) is 43.2 Å². The van der Waals surface area contributed by atoms with Crippen LogP contribution in [0.4, 0.5) is 0 Å². The molecule has 0 amide bonds. The molecule has 0 heterocycles. The maximum absolute atomic E-state index is 9.10. The van der Waals surface area contributed by atoms with Crippen molar-refractivity contribution in [1.82, 2.24) is 5.32 Å². The van der Waals surface area contributed by atoms with Crippen LogP contribution >= 0.6 is 0 Å². The second-order valence-corrected chi connectivity index (χ2v) is 4.29. The zero-order valence-electron chi connectivity index (χ0n) is 10.7. The van der Waals surface area contributed by atoms with Crippen molar-refractivity contribution in [3.8, 4) is 6.07 Å². The molecule has 0 aliphatic heterocycles. The molecule has 0 aliphatic carbocycles. The second-order valence-electron chi connectivity index (χ2n) is 4.29. The van der Waals surface area contributed by atoms with Crippen molar-refractivity contribution in [1.29, 1.82) is 5.26 Å². The molecule has 0 radical (unpaired) electrons. The number of nitriles is 1. The van der Waals surface area contributed by atoms with E-state index in [1.54, 1.807) is 0 Å². The Morgan fingerprint density at radius 3 is 2.44 bits per heavy atom. The number of benzene rings is 1. The van der Waals surface area contributed by atoms with Crippen LogP contribution in [-0.2, 0) is 0 Å². The Bertz CT molecular complexity index is 451. The lowest BCUT2D eigenvalue weighted by molar-refractivity contribution is 0.635. The molecule has 1 atom stereocenters. The molecule has 18 heavy (non-hydrogen) atoms. The summed E-state index contributed by atoms with van der Waals surface area (Å²) in [6.07, 6.45) is 0. The first-order valence-electron chi connectivity index (χ1n) is 5.92. The normalized spacial score (nSPS) is 11.7. The second kappa shape index (κ2) is 7.33. The molecule has 0 spiro atoms. The summed E-state index contributed by atoms with van der Waals surface area (Å²) in [5.41, 5.74) is 10.3. The van der Waals surface area contributed by atoms with E-state index in [0.29, 0.717) is 19.0 Å². The van der Waals surface area contributed by atoms with Gasteiger partial charge in [-0.25, -0.2) is 0 Å². The van der Waals surface area contributed by atoms with Crippen molar-refractivity contribution < 1.29 is 0 Å². The number of azide groups is 1. The van der Waals surface area contributed by atoms with E-state index in [1.807, 2.05) is 24.3 Å². The van der Waals surface area contributed by atoms with E-state index in [4.69, 9.17) is 10.8 Å². The number of hydrogen-bond donors (Lipinski definition) is 1. The Hall–Kier alpha value is -2.02. The first-order chi connectivity index (χ1) is 8.69. The minimum absolute atomic E-state index is 0.346. The van der Waals surface area contributed by atoms with Crippen LogP contribution in [0.2, 0.25) is 0 Å². The van der Waals surface area contributed by atoms with Gasteiger partial charge in [0, 0.05) is 18.0 Å². The molecule has 0 saturated carbocycles. The molecule has 94 valence electrons. The van der Waals surface area contributed by atoms with Crippen molar-refractivity contribution in [2.45, 2.75) is 25.8 Å².